The molecule has 0 amide bonds. The van der Waals surface area contributed by atoms with Crippen LogP contribution in [-0.2, 0) is 6.42 Å². The molecule has 17 heavy (non-hydrogen) atoms. The van der Waals surface area contributed by atoms with Crippen LogP contribution in [0.15, 0.2) is 5.38 Å². The van der Waals surface area contributed by atoms with Gasteiger partial charge in [-0.25, -0.2) is 9.97 Å². The average Bonchev–Trinajstić information content (AvgIpc) is 2.82. The summed E-state index contributed by atoms with van der Waals surface area (Å²) in [6, 6.07) is 0. The summed E-state index contributed by atoms with van der Waals surface area (Å²) in [5, 5.41) is 4.46. The van der Waals surface area contributed by atoms with E-state index < -0.39 is 0 Å². The molecule has 0 unspecified atom stereocenters. The Balaban J connectivity index is 2.15. The maximum atomic E-state index is 4.69. The molecule has 2 aromatic rings. The number of hydrogen-bond acceptors (Lipinski definition) is 5. The molecule has 5 heteroatoms. The lowest BCUT2D eigenvalue weighted by atomic mass is 10.3. The van der Waals surface area contributed by atoms with Crippen molar-refractivity contribution in [1.29, 1.82) is 0 Å². The van der Waals surface area contributed by atoms with Crippen LogP contribution < -0.4 is 0 Å². The van der Waals surface area contributed by atoms with E-state index >= 15 is 0 Å². The molecule has 0 radical (unpaired) electrons. The Kier molecular flexibility index (Phi) is 3.91. The summed E-state index contributed by atoms with van der Waals surface area (Å²) in [5.41, 5.74) is 2.18. The standard InChI is InChI=1S/C12H17N3S2/c1-8-12(17-9(2)13-8)10-7-16-11(14-10)5-6-15(3)4/h7H,5-6H2,1-4H3. The zero-order valence-corrected chi connectivity index (χ0v) is 12.3. The van der Waals surface area contributed by atoms with Gasteiger partial charge in [0.15, 0.2) is 0 Å². The molecule has 0 saturated heterocycles. The Morgan fingerprint density at radius 3 is 2.59 bits per heavy atom. The molecule has 0 aliphatic rings. The van der Waals surface area contributed by atoms with Crippen molar-refractivity contribution in [2.75, 3.05) is 20.6 Å². The smallest absolute Gasteiger partial charge is 0.0945 e. The molecule has 2 aromatic heterocycles. The zero-order valence-electron chi connectivity index (χ0n) is 10.6. The largest absolute Gasteiger partial charge is 0.309 e. The fourth-order valence-corrected chi connectivity index (χ4v) is 3.35. The molecule has 0 bridgehead atoms. The fourth-order valence-electron chi connectivity index (χ4n) is 1.62. The van der Waals surface area contributed by atoms with E-state index in [1.807, 2.05) is 6.92 Å². The fraction of sp³-hybridized carbons (Fsp3) is 0.500. The van der Waals surface area contributed by atoms with Crippen molar-refractivity contribution < 1.29 is 0 Å². The number of thiazole rings is 2. The van der Waals surface area contributed by atoms with E-state index in [1.54, 1.807) is 22.7 Å². The van der Waals surface area contributed by atoms with E-state index in [1.165, 1.54) is 9.88 Å². The number of aromatic nitrogens is 2. The number of rotatable bonds is 4. The third-order valence-corrected chi connectivity index (χ3v) is 4.46. The minimum Gasteiger partial charge on any atom is -0.309 e. The Morgan fingerprint density at radius 1 is 1.24 bits per heavy atom. The first kappa shape index (κ1) is 12.7. The normalized spacial score (nSPS) is 11.4. The number of nitrogens with zero attached hydrogens (tertiary/aromatic N) is 3. The van der Waals surface area contributed by atoms with Gasteiger partial charge < -0.3 is 4.90 Å². The first-order valence-electron chi connectivity index (χ1n) is 5.60. The number of likely N-dealkylation sites (N-methyl/N-ethyl adjacent to an activating group) is 1. The summed E-state index contributed by atoms with van der Waals surface area (Å²) in [4.78, 5) is 12.5. The quantitative estimate of drug-likeness (QED) is 0.853. The monoisotopic (exact) mass is 267 g/mol. The second kappa shape index (κ2) is 5.25. The Labute approximate surface area is 110 Å². The molecule has 2 heterocycles. The van der Waals surface area contributed by atoms with Crippen molar-refractivity contribution in [1.82, 2.24) is 14.9 Å². The summed E-state index contributed by atoms with van der Waals surface area (Å²) >= 11 is 3.47. The van der Waals surface area contributed by atoms with Gasteiger partial charge in [-0.15, -0.1) is 22.7 Å². The van der Waals surface area contributed by atoms with Gasteiger partial charge in [0.25, 0.3) is 0 Å². The van der Waals surface area contributed by atoms with Crippen molar-refractivity contribution in [2.24, 2.45) is 0 Å². The Hall–Kier alpha value is -0.780. The summed E-state index contributed by atoms with van der Waals surface area (Å²) < 4.78 is 0. The van der Waals surface area contributed by atoms with Gasteiger partial charge in [-0.3, -0.25) is 0 Å². The first-order valence-corrected chi connectivity index (χ1v) is 7.29. The van der Waals surface area contributed by atoms with Crippen LogP contribution in [0.25, 0.3) is 10.6 Å². The van der Waals surface area contributed by atoms with Crippen LogP contribution in [0.4, 0.5) is 0 Å². The van der Waals surface area contributed by atoms with E-state index in [9.17, 15) is 0 Å². The van der Waals surface area contributed by atoms with Crippen LogP contribution >= 0.6 is 22.7 Å². The molecule has 0 aliphatic carbocycles. The van der Waals surface area contributed by atoms with Crippen LogP contribution in [0.2, 0.25) is 0 Å². The highest BCUT2D eigenvalue weighted by Gasteiger charge is 2.11. The van der Waals surface area contributed by atoms with Gasteiger partial charge in [-0.2, -0.15) is 0 Å². The van der Waals surface area contributed by atoms with Gasteiger partial charge >= 0.3 is 0 Å². The molecule has 0 atom stereocenters. The molecule has 3 nitrogen and oxygen atoms in total. The van der Waals surface area contributed by atoms with Crippen LogP contribution in [0.3, 0.4) is 0 Å². The third-order valence-electron chi connectivity index (χ3n) is 2.46. The molecular weight excluding hydrogens is 250 g/mol. The van der Waals surface area contributed by atoms with Crippen molar-refractivity contribution in [3.05, 3.63) is 21.1 Å². The highest BCUT2D eigenvalue weighted by atomic mass is 32.1. The minimum atomic E-state index is 1.02. The molecular formula is C12H17N3S2. The van der Waals surface area contributed by atoms with Crippen molar-refractivity contribution >= 4 is 22.7 Å². The lowest BCUT2D eigenvalue weighted by Gasteiger charge is -2.06. The predicted octanol–water partition coefficient (Wildman–Crippen LogP) is 2.99. The van der Waals surface area contributed by atoms with Crippen LogP contribution in [0.5, 0.6) is 0 Å². The van der Waals surface area contributed by atoms with Gasteiger partial charge in [0.2, 0.25) is 0 Å². The minimum absolute atomic E-state index is 1.02. The highest BCUT2D eigenvalue weighted by Crippen LogP contribution is 2.30. The molecule has 0 saturated carbocycles. The summed E-state index contributed by atoms with van der Waals surface area (Å²) in [7, 11) is 4.18. The lowest BCUT2D eigenvalue weighted by Crippen LogP contribution is -2.14. The van der Waals surface area contributed by atoms with Gasteiger partial charge in [0.05, 0.1) is 26.3 Å². The maximum Gasteiger partial charge on any atom is 0.0945 e. The third kappa shape index (κ3) is 3.12. The highest BCUT2D eigenvalue weighted by molar-refractivity contribution is 7.15. The average molecular weight is 267 g/mol. The molecule has 0 N–H and O–H groups in total. The molecule has 0 spiro atoms. The predicted molar refractivity (Wildman–Crippen MR) is 75.0 cm³/mol. The van der Waals surface area contributed by atoms with Crippen LogP contribution in [0, 0.1) is 13.8 Å². The first-order chi connectivity index (χ1) is 8.06. The van der Waals surface area contributed by atoms with Crippen LogP contribution in [0.1, 0.15) is 15.7 Å². The van der Waals surface area contributed by atoms with E-state index in [4.69, 9.17) is 0 Å². The van der Waals surface area contributed by atoms with Crippen molar-refractivity contribution in [2.45, 2.75) is 20.3 Å². The second-order valence-corrected chi connectivity index (χ2v) is 6.47. The van der Waals surface area contributed by atoms with Crippen molar-refractivity contribution in [3.63, 3.8) is 0 Å². The molecule has 0 aromatic carbocycles. The lowest BCUT2D eigenvalue weighted by molar-refractivity contribution is 0.413. The Bertz CT molecular complexity index is 500. The Morgan fingerprint density at radius 2 is 2.00 bits per heavy atom. The van der Waals surface area contributed by atoms with Gasteiger partial charge in [0, 0.05) is 18.3 Å². The van der Waals surface area contributed by atoms with Crippen LogP contribution in [-0.4, -0.2) is 35.5 Å². The van der Waals surface area contributed by atoms with E-state index in [-0.39, 0.29) is 0 Å². The second-order valence-electron chi connectivity index (χ2n) is 4.33. The summed E-state index contributed by atoms with van der Waals surface area (Å²) in [5.74, 6) is 0. The number of hydrogen-bond donors (Lipinski definition) is 0. The topological polar surface area (TPSA) is 29.0 Å². The molecule has 0 aliphatic heterocycles. The van der Waals surface area contributed by atoms with Gasteiger partial charge in [0.1, 0.15) is 0 Å². The SMILES string of the molecule is Cc1nc(C)c(-c2csc(CCN(C)C)n2)s1. The van der Waals surface area contributed by atoms with E-state index in [0.29, 0.717) is 0 Å². The van der Waals surface area contributed by atoms with Gasteiger partial charge in [-0.05, 0) is 27.9 Å². The maximum absolute atomic E-state index is 4.69. The molecule has 92 valence electrons. The molecule has 0 fully saturated rings. The van der Waals surface area contributed by atoms with E-state index in [2.05, 4.69) is 41.3 Å². The zero-order chi connectivity index (χ0) is 12.4. The van der Waals surface area contributed by atoms with Crippen molar-refractivity contribution in [3.8, 4) is 10.6 Å². The summed E-state index contributed by atoms with van der Waals surface area (Å²) in [6.07, 6.45) is 1.02. The number of aryl methyl sites for hydroxylation is 2. The molecule has 2 rings (SSSR count). The van der Waals surface area contributed by atoms with Gasteiger partial charge in [-0.1, -0.05) is 0 Å². The van der Waals surface area contributed by atoms with E-state index in [0.717, 1.165) is 29.4 Å². The summed E-state index contributed by atoms with van der Waals surface area (Å²) in [6.45, 7) is 5.14.